The summed E-state index contributed by atoms with van der Waals surface area (Å²) in [6, 6.07) is 6.77. The van der Waals surface area contributed by atoms with Crippen molar-refractivity contribution in [2.75, 3.05) is 19.7 Å². The molecule has 0 spiro atoms. The van der Waals surface area contributed by atoms with Crippen molar-refractivity contribution >= 4 is 11.8 Å². The minimum absolute atomic E-state index is 0.0676. The second-order valence-corrected chi connectivity index (χ2v) is 6.00. The lowest BCUT2D eigenvalue weighted by Crippen LogP contribution is -2.51. The standard InChI is InChI=1S/C17H25N3O3/c1-12-4-3-8-20(15(12)11-18)16(21)7-9-23-14-6-2-5-13(10-14)17(19)22/h2,5-6,10,12,15H,3-4,7-9,11,18H2,1H3,(H2,19,22)/t12-,15-/m1/s1. The number of benzene rings is 1. The molecule has 0 aromatic heterocycles. The van der Waals surface area contributed by atoms with E-state index in [4.69, 9.17) is 16.2 Å². The highest BCUT2D eigenvalue weighted by atomic mass is 16.5. The number of ether oxygens (including phenoxy) is 1. The second-order valence-electron chi connectivity index (χ2n) is 6.00. The van der Waals surface area contributed by atoms with Gasteiger partial charge in [-0.1, -0.05) is 13.0 Å². The highest BCUT2D eigenvalue weighted by Crippen LogP contribution is 2.23. The number of carbonyl (C=O) groups is 2. The Bertz CT molecular complexity index is 562. The van der Waals surface area contributed by atoms with Gasteiger partial charge in [0, 0.05) is 24.7 Å². The smallest absolute Gasteiger partial charge is 0.248 e. The van der Waals surface area contributed by atoms with Crippen molar-refractivity contribution in [3.05, 3.63) is 29.8 Å². The lowest BCUT2D eigenvalue weighted by Gasteiger charge is -2.39. The van der Waals surface area contributed by atoms with Gasteiger partial charge in [0.15, 0.2) is 0 Å². The van der Waals surface area contributed by atoms with Crippen LogP contribution >= 0.6 is 0 Å². The molecule has 1 aliphatic rings. The minimum atomic E-state index is -0.500. The molecule has 6 heteroatoms. The highest BCUT2D eigenvalue weighted by molar-refractivity contribution is 5.93. The van der Waals surface area contributed by atoms with Crippen LogP contribution in [-0.4, -0.2) is 42.5 Å². The summed E-state index contributed by atoms with van der Waals surface area (Å²) in [4.78, 5) is 25.4. The molecule has 1 fully saturated rings. The van der Waals surface area contributed by atoms with E-state index in [0.29, 0.717) is 30.2 Å². The van der Waals surface area contributed by atoms with E-state index in [9.17, 15) is 9.59 Å². The Balaban J connectivity index is 1.87. The SMILES string of the molecule is C[C@@H]1CCCN(C(=O)CCOc2cccc(C(N)=O)c2)[C@@H]1CN. The number of hydrogen-bond acceptors (Lipinski definition) is 4. The minimum Gasteiger partial charge on any atom is -0.493 e. The van der Waals surface area contributed by atoms with E-state index in [0.717, 1.165) is 19.4 Å². The third kappa shape index (κ3) is 4.45. The molecule has 2 amide bonds. The lowest BCUT2D eigenvalue weighted by molar-refractivity contribution is -0.136. The van der Waals surface area contributed by atoms with Crippen molar-refractivity contribution in [3.8, 4) is 5.75 Å². The van der Waals surface area contributed by atoms with Crippen LogP contribution in [0.3, 0.4) is 0 Å². The number of nitrogens with zero attached hydrogens (tertiary/aromatic N) is 1. The van der Waals surface area contributed by atoms with E-state index in [2.05, 4.69) is 6.92 Å². The van der Waals surface area contributed by atoms with Crippen molar-refractivity contribution in [2.24, 2.45) is 17.4 Å². The van der Waals surface area contributed by atoms with Crippen LogP contribution in [-0.2, 0) is 4.79 Å². The molecular weight excluding hydrogens is 294 g/mol. The van der Waals surface area contributed by atoms with Gasteiger partial charge in [0.25, 0.3) is 0 Å². The fourth-order valence-corrected chi connectivity index (χ4v) is 3.06. The van der Waals surface area contributed by atoms with Gasteiger partial charge in [-0.05, 0) is 37.0 Å². The largest absolute Gasteiger partial charge is 0.493 e. The molecule has 1 aliphatic heterocycles. The summed E-state index contributed by atoms with van der Waals surface area (Å²) in [5.74, 6) is 0.542. The van der Waals surface area contributed by atoms with Gasteiger partial charge in [0.1, 0.15) is 5.75 Å². The third-order valence-corrected chi connectivity index (χ3v) is 4.38. The molecule has 2 rings (SSSR count). The molecule has 0 radical (unpaired) electrons. The van der Waals surface area contributed by atoms with Crippen LogP contribution in [0.2, 0.25) is 0 Å². The number of rotatable bonds is 6. The predicted octanol–water partition coefficient (Wildman–Crippen LogP) is 1.14. The van der Waals surface area contributed by atoms with Gasteiger partial charge in [-0.3, -0.25) is 9.59 Å². The maximum atomic E-state index is 12.4. The molecule has 0 saturated carbocycles. The number of nitrogens with two attached hydrogens (primary N) is 2. The average Bonchev–Trinajstić information content (AvgIpc) is 2.54. The molecule has 1 heterocycles. The van der Waals surface area contributed by atoms with Crippen LogP contribution in [0, 0.1) is 5.92 Å². The van der Waals surface area contributed by atoms with E-state index in [-0.39, 0.29) is 18.6 Å². The van der Waals surface area contributed by atoms with Crippen molar-refractivity contribution < 1.29 is 14.3 Å². The van der Waals surface area contributed by atoms with Crippen LogP contribution in [0.5, 0.6) is 5.75 Å². The van der Waals surface area contributed by atoms with Gasteiger partial charge < -0.3 is 21.1 Å². The third-order valence-electron chi connectivity index (χ3n) is 4.38. The molecule has 2 atom stereocenters. The van der Waals surface area contributed by atoms with E-state index in [1.54, 1.807) is 24.3 Å². The van der Waals surface area contributed by atoms with E-state index in [1.165, 1.54) is 0 Å². The molecule has 6 nitrogen and oxygen atoms in total. The number of hydrogen-bond donors (Lipinski definition) is 2. The fraction of sp³-hybridized carbons (Fsp3) is 0.529. The Morgan fingerprint density at radius 1 is 1.39 bits per heavy atom. The number of likely N-dealkylation sites (tertiary alicyclic amines) is 1. The van der Waals surface area contributed by atoms with Gasteiger partial charge in [-0.2, -0.15) is 0 Å². The number of piperidine rings is 1. The molecular formula is C17H25N3O3. The van der Waals surface area contributed by atoms with Gasteiger partial charge in [-0.15, -0.1) is 0 Å². The molecule has 0 bridgehead atoms. The van der Waals surface area contributed by atoms with Crippen LogP contribution in [0.1, 0.15) is 36.5 Å². The Morgan fingerprint density at radius 3 is 2.87 bits per heavy atom. The van der Waals surface area contributed by atoms with Gasteiger partial charge in [-0.25, -0.2) is 0 Å². The van der Waals surface area contributed by atoms with Gasteiger partial charge >= 0.3 is 0 Å². The topological polar surface area (TPSA) is 98.6 Å². The van der Waals surface area contributed by atoms with E-state index in [1.807, 2.05) is 4.90 Å². The first-order valence-electron chi connectivity index (χ1n) is 8.05. The molecule has 1 aromatic carbocycles. The summed E-state index contributed by atoms with van der Waals surface area (Å²) < 4.78 is 5.57. The van der Waals surface area contributed by atoms with Crippen molar-refractivity contribution in [1.29, 1.82) is 0 Å². The quantitative estimate of drug-likeness (QED) is 0.821. The average molecular weight is 319 g/mol. The number of amides is 2. The molecule has 126 valence electrons. The zero-order valence-electron chi connectivity index (χ0n) is 13.5. The summed E-state index contributed by atoms with van der Waals surface area (Å²) in [5, 5.41) is 0. The summed E-state index contributed by atoms with van der Waals surface area (Å²) >= 11 is 0. The summed E-state index contributed by atoms with van der Waals surface area (Å²) in [6.45, 7) is 3.67. The van der Waals surface area contributed by atoms with Crippen LogP contribution < -0.4 is 16.2 Å². The summed E-state index contributed by atoms with van der Waals surface area (Å²) in [5.41, 5.74) is 11.4. The predicted molar refractivity (Wildman–Crippen MR) is 88.0 cm³/mol. The maximum Gasteiger partial charge on any atom is 0.248 e. The lowest BCUT2D eigenvalue weighted by atomic mass is 9.90. The zero-order chi connectivity index (χ0) is 16.8. The zero-order valence-corrected chi connectivity index (χ0v) is 13.5. The molecule has 0 aliphatic carbocycles. The fourth-order valence-electron chi connectivity index (χ4n) is 3.06. The van der Waals surface area contributed by atoms with Crippen LogP contribution in [0.4, 0.5) is 0 Å². The number of primary amides is 1. The summed E-state index contributed by atoms with van der Waals surface area (Å²) in [7, 11) is 0. The van der Waals surface area contributed by atoms with Gasteiger partial charge in [0.05, 0.1) is 13.0 Å². The van der Waals surface area contributed by atoms with E-state index < -0.39 is 5.91 Å². The first-order chi connectivity index (χ1) is 11.0. The molecule has 23 heavy (non-hydrogen) atoms. The normalized spacial score (nSPS) is 21.0. The summed E-state index contributed by atoms with van der Waals surface area (Å²) in [6.07, 6.45) is 2.43. The first kappa shape index (κ1) is 17.3. The van der Waals surface area contributed by atoms with Gasteiger partial charge in [0.2, 0.25) is 11.8 Å². The molecule has 4 N–H and O–H groups in total. The van der Waals surface area contributed by atoms with Crippen molar-refractivity contribution in [2.45, 2.75) is 32.2 Å². The van der Waals surface area contributed by atoms with Crippen LogP contribution in [0.15, 0.2) is 24.3 Å². The van der Waals surface area contributed by atoms with Crippen molar-refractivity contribution in [3.63, 3.8) is 0 Å². The Morgan fingerprint density at radius 2 is 2.17 bits per heavy atom. The Hall–Kier alpha value is -2.08. The monoisotopic (exact) mass is 319 g/mol. The highest BCUT2D eigenvalue weighted by Gasteiger charge is 2.30. The maximum absolute atomic E-state index is 12.4. The molecule has 1 saturated heterocycles. The first-order valence-corrected chi connectivity index (χ1v) is 8.05. The Kier molecular flexibility index (Phi) is 5.98. The molecule has 0 unspecified atom stereocenters. The van der Waals surface area contributed by atoms with E-state index >= 15 is 0 Å². The van der Waals surface area contributed by atoms with Crippen molar-refractivity contribution in [1.82, 2.24) is 4.90 Å². The number of carbonyl (C=O) groups excluding carboxylic acids is 2. The van der Waals surface area contributed by atoms with Crippen LogP contribution in [0.25, 0.3) is 0 Å². The molecule has 1 aromatic rings. The second kappa shape index (κ2) is 7.97. The Labute approximate surface area is 136 Å².